The number of carbonyl (C=O) groups is 2. The molecule has 33 heavy (non-hydrogen) atoms. The summed E-state index contributed by atoms with van der Waals surface area (Å²) in [6, 6.07) is 5.75. The normalized spacial score (nSPS) is 17.2. The van der Waals surface area contributed by atoms with Gasteiger partial charge < -0.3 is 35.1 Å². The molecule has 1 saturated heterocycles. The van der Waals surface area contributed by atoms with Crippen molar-refractivity contribution in [3.63, 3.8) is 0 Å². The Morgan fingerprint density at radius 3 is 2.67 bits per heavy atom. The number of hydrogen-bond acceptors (Lipinski definition) is 6. The van der Waals surface area contributed by atoms with Gasteiger partial charge in [0.15, 0.2) is 11.6 Å². The summed E-state index contributed by atoms with van der Waals surface area (Å²) in [5.74, 6) is 0.579. The number of amides is 1. The smallest absolute Gasteiger partial charge is 0.489 e. The topological polar surface area (TPSA) is 158 Å². The number of nitrogens with one attached hydrogen (secondary N) is 2. The number of piperidine rings is 1. The number of carbonyl (C=O) groups excluding carboxylic acids is 1. The maximum Gasteiger partial charge on any atom is 0.506 e. The Hall–Kier alpha value is -3.76. The van der Waals surface area contributed by atoms with E-state index in [0.29, 0.717) is 50.5 Å². The van der Waals surface area contributed by atoms with E-state index in [4.69, 9.17) is 20.6 Å². The summed E-state index contributed by atoms with van der Waals surface area (Å²) in [5.41, 5.74) is 7.47. The first-order chi connectivity index (χ1) is 15.8. The van der Waals surface area contributed by atoms with E-state index in [1.54, 1.807) is 16.0 Å². The number of ether oxygens (including phenoxy) is 2. The van der Waals surface area contributed by atoms with Crippen molar-refractivity contribution in [1.29, 1.82) is 5.41 Å². The molecule has 0 unspecified atom stereocenters. The fourth-order valence-electron chi connectivity index (χ4n) is 4.32. The van der Waals surface area contributed by atoms with E-state index in [9.17, 15) is 14.7 Å². The van der Waals surface area contributed by atoms with Crippen LogP contribution in [-0.2, 0) is 28.9 Å². The first-order valence-corrected chi connectivity index (χ1v) is 10.8. The van der Waals surface area contributed by atoms with Crippen molar-refractivity contribution in [2.75, 3.05) is 26.2 Å². The molecule has 0 radical (unpaired) electrons. The van der Waals surface area contributed by atoms with E-state index in [1.807, 2.05) is 18.2 Å². The molecule has 0 spiro atoms. The molecule has 2 aliphatic rings. The Bertz CT molecular complexity index is 1020. The number of likely N-dealkylation sites (tertiary alicyclic amines) is 1. The highest BCUT2D eigenvalue weighted by Gasteiger charge is 2.40. The minimum atomic E-state index is -1.36. The highest BCUT2D eigenvalue weighted by molar-refractivity contribution is 5.78. The quantitative estimate of drug-likeness (QED) is 0.288. The fraction of sp³-hybridized carbons (Fsp3) is 0.455. The average Bonchev–Trinajstić information content (AvgIpc) is 3.30. The monoisotopic (exact) mass is 456 g/mol. The van der Waals surface area contributed by atoms with Gasteiger partial charge in [0.25, 0.3) is 0 Å². The van der Waals surface area contributed by atoms with Gasteiger partial charge in [-0.05, 0) is 29.7 Å². The lowest BCUT2D eigenvalue weighted by Gasteiger charge is -2.40. The average molecular weight is 457 g/mol. The summed E-state index contributed by atoms with van der Waals surface area (Å²) in [5, 5.41) is 17.0. The molecule has 0 atom stereocenters. The van der Waals surface area contributed by atoms with Gasteiger partial charge in [0, 0.05) is 45.2 Å². The molecular weight excluding hydrogens is 428 g/mol. The van der Waals surface area contributed by atoms with Crippen LogP contribution in [0.1, 0.15) is 29.7 Å². The van der Waals surface area contributed by atoms with Gasteiger partial charge in [-0.25, -0.2) is 9.78 Å². The Morgan fingerprint density at radius 1 is 1.21 bits per heavy atom. The largest absolute Gasteiger partial charge is 0.506 e. The zero-order valence-corrected chi connectivity index (χ0v) is 18.2. The summed E-state index contributed by atoms with van der Waals surface area (Å²) in [7, 11) is 0. The van der Waals surface area contributed by atoms with Gasteiger partial charge in [-0.1, -0.05) is 6.07 Å². The van der Waals surface area contributed by atoms with Crippen LogP contribution in [0.2, 0.25) is 0 Å². The molecule has 0 aliphatic carbocycles. The van der Waals surface area contributed by atoms with Crippen molar-refractivity contribution in [2.24, 2.45) is 5.73 Å². The molecule has 1 fully saturated rings. The summed E-state index contributed by atoms with van der Waals surface area (Å²) >= 11 is 0. The van der Waals surface area contributed by atoms with E-state index in [2.05, 4.69) is 9.97 Å². The first kappa shape index (κ1) is 22.4. The number of hydrogen-bond donors (Lipinski definition) is 4. The van der Waals surface area contributed by atoms with Crippen LogP contribution >= 0.6 is 0 Å². The van der Waals surface area contributed by atoms with E-state index in [0.717, 1.165) is 12.0 Å². The van der Waals surface area contributed by atoms with Crippen LogP contribution in [0.15, 0.2) is 30.7 Å². The maximum absolute atomic E-state index is 12.5. The molecule has 1 aromatic heterocycles. The number of benzene rings is 1. The number of aromatic amines is 1. The molecule has 1 aromatic carbocycles. The second-order valence-corrected chi connectivity index (χ2v) is 8.45. The number of fused-ring (bicyclic) bond motifs is 1. The van der Waals surface area contributed by atoms with Gasteiger partial charge in [-0.15, -0.1) is 0 Å². The molecule has 0 bridgehead atoms. The SMILES string of the molecule is N=C(N)N1CCc2ccc(OCC3(OC(=O)O)CCN(C(=O)Cc4c[nH]cn4)CC3)cc2C1. The third kappa shape index (κ3) is 5.36. The van der Waals surface area contributed by atoms with Gasteiger partial charge in [-0.2, -0.15) is 0 Å². The fourth-order valence-corrected chi connectivity index (χ4v) is 4.32. The lowest BCUT2D eigenvalue weighted by molar-refractivity contribution is -0.136. The Morgan fingerprint density at radius 2 is 2.00 bits per heavy atom. The molecular formula is C22H28N6O5. The van der Waals surface area contributed by atoms with Crippen LogP contribution in [0.25, 0.3) is 0 Å². The highest BCUT2D eigenvalue weighted by atomic mass is 16.7. The van der Waals surface area contributed by atoms with Crippen LogP contribution in [0.4, 0.5) is 4.79 Å². The molecule has 2 aliphatic heterocycles. The minimum Gasteiger partial charge on any atom is -0.489 e. The van der Waals surface area contributed by atoms with E-state index < -0.39 is 11.8 Å². The van der Waals surface area contributed by atoms with E-state index >= 15 is 0 Å². The molecule has 11 heteroatoms. The lowest BCUT2D eigenvalue weighted by atomic mass is 9.91. The Kier molecular flexibility index (Phi) is 6.38. The number of nitrogens with zero attached hydrogens (tertiary/aromatic N) is 3. The summed E-state index contributed by atoms with van der Waals surface area (Å²) in [6.45, 7) is 2.03. The highest BCUT2D eigenvalue weighted by Crippen LogP contribution is 2.30. The Labute approximate surface area is 191 Å². The van der Waals surface area contributed by atoms with Crippen molar-refractivity contribution in [3.8, 4) is 5.75 Å². The van der Waals surface area contributed by atoms with E-state index in [-0.39, 0.29) is 24.9 Å². The van der Waals surface area contributed by atoms with Crippen LogP contribution in [0.5, 0.6) is 5.75 Å². The molecule has 5 N–H and O–H groups in total. The first-order valence-electron chi connectivity index (χ1n) is 10.8. The van der Waals surface area contributed by atoms with Crippen molar-refractivity contribution in [3.05, 3.63) is 47.5 Å². The van der Waals surface area contributed by atoms with Gasteiger partial charge in [0.05, 0.1) is 18.4 Å². The summed E-state index contributed by atoms with van der Waals surface area (Å²) < 4.78 is 11.3. The number of aromatic nitrogens is 2. The second kappa shape index (κ2) is 9.39. The van der Waals surface area contributed by atoms with Gasteiger partial charge in [-0.3, -0.25) is 10.2 Å². The standard InChI is InChI=1S/C22H28N6O5/c23-20(24)28-6-3-15-1-2-18(9-16(15)12-28)32-13-22(33-21(30)31)4-7-27(8-5-22)19(29)10-17-11-25-14-26-17/h1-2,9,11,14H,3-8,10,12-13H2,(H3,23,24)(H,25,26)(H,30,31). The number of nitrogens with two attached hydrogens (primary N) is 1. The number of rotatable bonds is 6. The van der Waals surface area contributed by atoms with Crippen molar-refractivity contribution in [1.82, 2.24) is 19.8 Å². The molecule has 176 valence electrons. The van der Waals surface area contributed by atoms with Gasteiger partial charge in [0.2, 0.25) is 5.91 Å². The van der Waals surface area contributed by atoms with Crippen LogP contribution in [-0.4, -0.2) is 74.7 Å². The summed E-state index contributed by atoms with van der Waals surface area (Å²) in [4.78, 5) is 34.3. The van der Waals surface area contributed by atoms with Crippen LogP contribution in [0.3, 0.4) is 0 Å². The van der Waals surface area contributed by atoms with Gasteiger partial charge >= 0.3 is 6.16 Å². The van der Waals surface area contributed by atoms with Crippen molar-refractivity contribution >= 4 is 18.0 Å². The van der Waals surface area contributed by atoms with E-state index in [1.165, 1.54) is 11.9 Å². The number of imidazole rings is 1. The predicted molar refractivity (Wildman–Crippen MR) is 118 cm³/mol. The zero-order chi connectivity index (χ0) is 23.4. The lowest BCUT2D eigenvalue weighted by Crippen LogP contribution is -2.52. The number of H-pyrrole nitrogens is 1. The maximum atomic E-state index is 12.5. The van der Waals surface area contributed by atoms with Gasteiger partial charge in [0.1, 0.15) is 12.4 Å². The molecule has 11 nitrogen and oxygen atoms in total. The molecule has 1 amide bonds. The van der Waals surface area contributed by atoms with Crippen molar-refractivity contribution in [2.45, 2.75) is 37.8 Å². The van der Waals surface area contributed by atoms with Crippen LogP contribution in [0, 0.1) is 5.41 Å². The number of carboxylic acid groups (broad SMARTS) is 1. The summed E-state index contributed by atoms with van der Waals surface area (Å²) in [6.07, 6.45) is 3.52. The van der Waals surface area contributed by atoms with Crippen molar-refractivity contribution < 1.29 is 24.2 Å². The third-order valence-corrected chi connectivity index (χ3v) is 6.25. The number of guanidine groups is 1. The molecule has 4 rings (SSSR count). The minimum absolute atomic E-state index is 0.0365. The second-order valence-electron chi connectivity index (χ2n) is 8.45. The zero-order valence-electron chi connectivity index (χ0n) is 18.2. The molecule has 0 saturated carbocycles. The molecule has 3 heterocycles. The van der Waals surface area contributed by atoms with Crippen LogP contribution < -0.4 is 10.5 Å². The molecule has 2 aromatic rings. The Balaban J connectivity index is 1.38. The predicted octanol–water partition coefficient (Wildman–Crippen LogP) is 1.34. The third-order valence-electron chi connectivity index (χ3n) is 6.25.